The molecule has 55 heavy (non-hydrogen) atoms. The van der Waals surface area contributed by atoms with E-state index in [0.717, 1.165) is 34.4 Å². The Morgan fingerprint density at radius 2 is 0.945 bits per heavy atom. The molecule has 6 aromatic rings. The van der Waals surface area contributed by atoms with Gasteiger partial charge in [-0.15, -0.1) is 37.9 Å². The maximum Gasteiger partial charge on any atom is 0.250 e. The number of hydrogen-bond acceptors (Lipinski definition) is 9. The van der Waals surface area contributed by atoms with Gasteiger partial charge in [-0.25, -0.2) is 0 Å². The first kappa shape index (κ1) is 46.7. The standard InChI is InChI=1S/C18H15PS2.C12H9PS2.C6H5PS2.BH3P2S.BH2PS.H2P2S.H2/c20-18-13-11-17(12-14-18)19(21,15-7-3-1-4-8-15)16-9-5-2-6-10-16;14-12-8-6-11(7-9-12)13(15)10-4-2-1-3-5-10;8-6-3-1-5(7-9)2-4-6;2-1-3-4;2*1-2-3;/h1-14,20H;1-9H;1-4,8H;1H,2H2;2*1H2;1H/p+1/i;;;1T;1T2;;1+2T. The Kier molecular flexibility index (Phi) is 28.3. The van der Waals surface area contributed by atoms with Crippen LogP contribution in [-0.2, 0) is 70.8 Å². The Balaban J connectivity index is 0.000000779. The largest absolute Gasteiger partial charge is 0.250 e. The van der Waals surface area contributed by atoms with E-state index in [-0.39, 0.29) is 6.68 Å². The van der Waals surface area contributed by atoms with Gasteiger partial charge in [0.1, 0.15) is 0 Å². The monoisotopic (exact) mass is 1040 g/mol. The van der Waals surface area contributed by atoms with E-state index in [0.29, 0.717) is 14.5 Å². The highest BCUT2D eigenvalue weighted by Gasteiger charge is 2.24. The second-order valence-corrected chi connectivity index (χ2v) is 25.6. The summed E-state index contributed by atoms with van der Waals surface area (Å²) in [6, 6.07) is 53.4. The van der Waals surface area contributed by atoms with Crippen LogP contribution in [0.3, 0.4) is 0 Å². The van der Waals surface area contributed by atoms with Crippen LogP contribution in [0.4, 0.5) is 0 Å². The topological polar surface area (TPSA) is 0 Å². The molecule has 0 aromatic heterocycles. The first-order valence-corrected chi connectivity index (χ1v) is 32.0. The fourth-order valence-electron chi connectivity index (χ4n) is 4.20. The number of benzene rings is 6. The van der Waals surface area contributed by atoms with E-state index in [1.165, 1.54) is 26.5 Å². The van der Waals surface area contributed by atoms with Gasteiger partial charge in [-0.05, 0) is 99.8 Å². The van der Waals surface area contributed by atoms with E-state index in [9.17, 15) is 0 Å². The lowest BCUT2D eigenvalue weighted by molar-refractivity contribution is 1.50. The molecule has 0 radical (unpaired) electrons. The zero-order valence-corrected chi connectivity index (χ0v) is 44.1. The number of hydrogen-bond donors (Lipinski definition) is 3. The van der Waals surface area contributed by atoms with Gasteiger partial charge < -0.3 is 0 Å². The summed E-state index contributed by atoms with van der Waals surface area (Å²) in [6.07, 6.45) is 0. The van der Waals surface area contributed by atoms with Crippen molar-refractivity contribution in [1.29, 1.82) is 4.01 Å². The summed E-state index contributed by atoms with van der Waals surface area (Å²) >= 11 is 42.4. The Morgan fingerprint density at radius 3 is 1.29 bits per heavy atom. The highest BCUT2D eigenvalue weighted by Crippen LogP contribution is 2.42. The van der Waals surface area contributed by atoms with Gasteiger partial charge in [0, 0.05) is 36.4 Å². The van der Waals surface area contributed by atoms with Crippen molar-refractivity contribution >= 4 is 214 Å². The molecule has 0 heterocycles. The van der Waals surface area contributed by atoms with Gasteiger partial charge in [0.05, 0.1) is 0 Å². The summed E-state index contributed by atoms with van der Waals surface area (Å²) < 4.78 is 29.4. The summed E-state index contributed by atoms with van der Waals surface area (Å²) in [5, 5.41) is 7.24. The Labute approximate surface area is 395 Å². The minimum atomic E-state index is -2.00. The normalized spacial score (nSPS) is 11.1. The highest BCUT2D eigenvalue weighted by molar-refractivity contribution is 8.25. The van der Waals surface area contributed by atoms with Crippen molar-refractivity contribution < 1.29 is 2.97 Å². The molecule has 6 rings (SSSR count). The van der Waals surface area contributed by atoms with Crippen LogP contribution in [0.15, 0.2) is 178 Å². The van der Waals surface area contributed by atoms with Crippen molar-refractivity contribution in [1.82, 2.24) is 0 Å². The molecule has 0 N–H and O–H groups in total. The minimum absolute atomic E-state index is 0.162. The molecule has 19 heteroatoms. The second kappa shape index (κ2) is 33.3. The lowest BCUT2D eigenvalue weighted by atomic mass is 10.3. The van der Waals surface area contributed by atoms with Gasteiger partial charge in [-0.1, -0.05) is 173 Å². The molecule has 0 spiro atoms. The van der Waals surface area contributed by atoms with Crippen molar-refractivity contribution in [2.45, 2.75) is 14.7 Å². The van der Waals surface area contributed by atoms with Crippen LogP contribution in [0.1, 0.15) is 2.97 Å². The number of rotatable bonds is 8. The first-order valence-electron chi connectivity index (χ1n) is 18.1. The summed E-state index contributed by atoms with van der Waals surface area (Å²) in [5.41, 5.74) is 0. The van der Waals surface area contributed by atoms with Crippen molar-refractivity contribution in [3.05, 3.63) is 164 Å². The lowest BCUT2D eigenvalue weighted by Crippen LogP contribution is -2.24. The summed E-state index contributed by atoms with van der Waals surface area (Å²) in [5.74, 6) is 0. The molecule has 0 fully saturated rings. The molecule has 282 valence electrons. The van der Waals surface area contributed by atoms with Gasteiger partial charge in [0.2, 0.25) is 13.4 Å². The third-order valence-electron chi connectivity index (χ3n) is 6.54. The van der Waals surface area contributed by atoms with E-state index in [1.807, 2.05) is 78.9 Å². The quantitative estimate of drug-likeness (QED) is 0.0784. The maximum atomic E-state index is 6.67. The summed E-state index contributed by atoms with van der Waals surface area (Å²) in [7, 11) is 6.76. The maximum absolute atomic E-state index is 6.67. The van der Waals surface area contributed by atoms with E-state index in [4.69, 9.17) is 42.4 Å². The Morgan fingerprint density at radius 1 is 0.636 bits per heavy atom. The zero-order valence-electron chi connectivity index (χ0n) is 33.9. The number of thiol groups is 3. The lowest BCUT2D eigenvalue weighted by Gasteiger charge is -2.24. The van der Waals surface area contributed by atoms with Gasteiger partial charge >= 0.3 is 0 Å². The van der Waals surface area contributed by atoms with Crippen LogP contribution >= 0.6 is 97.5 Å². The van der Waals surface area contributed by atoms with E-state index in [2.05, 4.69) is 176 Å². The van der Waals surface area contributed by atoms with Crippen LogP contribution in [0, 0.1) is 0 Å². The fraction of sp³-hybridized carbons (Fsp3) is 0. The average Bonchev–Trinajstić information content (AvgIpc) is 3.29. The molecule has 0 saturated carbocycles. The summed E-state index contributed by atoms with van der Waals surface area (Å²) in [6.45, 7) is -0.796. The fourth-order valence-corrected chi connectivity index (χ4v) is 10.9. The molecule has 0 nitrogen and oxygen atoms in total. The highest BCUT2D eigenvalue weighted by atomic mass is 32.6. The molecule has 3 unspecified atom stereocenters. The average molecular weight is 1040 g/mol. The molecule has 0 bridgehead atoms. The SMILES string of the molecule is PP=S.S=P(c1ccccc1)(c1ccccc1)c1ccc(S)cc1.S=Pc1ccc(S)cc1.S=[P+](c1ccccc1)c1ccc(S)cc1.[3H]B(P)P=S.[3H]B([3H])P=S.[3H][3H]. The molecule has 3 atom stereocenters. The minimum Gasteiger partial charge on any atom is -0.164 e. The van der Waals surface area contributed by atoms with Crippen molar-refractivity contribution in [3.8, 4) is 0 Å². The molecule has 0 aliphatic rings. The van der Waals surface area contributed by atoms with Crippen LogP contribution < -0.4 is 31.8 Å². The van der Waals surface area contributed by atoms with Crippen molar-refractivity contribution in [2.75, 3.05) is 0 Å². The molecule has 0 amide bonds. The zero-order chi connectivity index (χ0) is 45.3. The summed E-state index contributed by atoms with van der Waals surface area (Å²) in [4.78, 5) is 2.92. The Bertz CT molecular complexity index is 2100. The van der Waals surface area contributed by atoms with Crippen LogP contribution in [0.5, 0.6) is 0 Å². The first-order chi connectivity index (χ1) is 28.8. The van der Waals surface area contributed by atoms with E-state index < -0.39 is 20.2 Å². The second-order valence-electron chi connectivity index (χ2n) is 10.0. The van der Waals surface area contributed by atoms with Crippen molar-refractivity contribution in [2.24, 2.45) is 0 Å². The van der Waals surface area contributed by atoms with Gasteiger partial charge in [-0.3, -0.25) is 0 Å². The molecule has 6 aromatic carbocycles. The molecular weight excluding hydrogens is 990 g/mol. The third kappa shape index (κ3) is 21.6. The van der Waals surface area contributed by atoms with Gasteiger partial charge in [0.15, 0.2) is 29.9 Å². The molecular formula is C36H39B2P8S9+. The van der Waals surface area contributed by atoms with E-state index in [1.54, 1.807) is 0 Å². The smallest absolute Gasteiger partial charge is 0.164 e. The predicted molar refractivity (Wildman–Crippen MR) is 301 cm³/mol. The van der Waals surface area contributed by atoms with E-state index >= 15 is 0 Å². The molecule has 0 aliphatic heterocycles. The van der Waals surface area contributed by atoms with Crippen LogP contribution in [-0.4, -0.2) is 18.2 Å². The third-order valence-corrected chi connectivity index (χ3v) is 17.9. The molecule has 0 saturated heterocycles. The molecule has 0 aliphatic carbocycles. The predicted octanol–water partition coefficient (Wildman–Crippen LogP) is 10.5. The van der Waals surface area contributed by atoms with Crippen molar-refractivity contribution in [3.63, 3.8) is 0 Å². The Hall–Kier alpha value is 0.610. The van der Waals surface area contributed by atoms with Gasteiger partial charge in [-0.2, -0.15) is 9.12 Å². The van der Waals surface area contributed by atoms with Crippen LogP contribution in [0.25, 0.3) is 0 Å². The van der Waals surface area contributed by atoms with Gasteiger partial charge in [0.25, 0.3) is 0 Å². The van der Waals surface area contributed by atoms with Crippen LogP contribution in [0.2, 0.25) is 0 Å².